The number of alkyl halides is 3. The molecule has 0 bridgehead atoms. The molecular weight excluding hydrogens is 153 g/mol. The molecular formula is C8H9F3. The molecule has 1 aliphatic rings. The van der Waals surface area contributed by atoms with Gasteiger partial charge in [-0.15, -0.1) is 0 Å². The van der Waals surface area contributed by atoms with Gasteiger partial charge in [-0.25, -0.2) is 0 Å². The van der Waals surface area contributed by atoms with Crippen molar-refractivity contribution in [1.29, 1.82) is 0 Å². The highest BCUT2D eigenvalue weighted by atomic mass is 19.4. The fraction of sp³-hybridized carbons (Fsp3) is 0.500. The van der Waals surface area contributed by atoms with Crippen molar-refractivity contribution >= 4 is 0 Å². The first-order chi connectivity index (χ1) is 5.00. The fourth-order valence-corrected chi connectivity index (χ4v) is 1.05. The minimum atomic E-state index is -4.14. The van der Waals surface area contributed by atoms with Gasteiger partial charge in [-0.2, -0.15) is 13.2 Å². The van der Waals surface area contributed by atoms with Crippen molar-refractivity contribution in [2.45, 2.75) is 19.5 Å². The van der Waals surface area contributed by atoms with Gasteiger partial charge in [-0.1, -0.05) is 25.2 Å². The first-order valence-corrected chi connectivity index (χ1v) is 3.44. The zero-order valence-electron chi connectivity index (χ0n) is 6.15. The van der Waals surface area contributed by atoms with E-state index in [-0.39, 0.29) is 12.3 Å². The Kier molecular flexibility index (Phi) is 2.07. The van der Waals surface area contributed by atoms with Crippen molar-refractivity contribution in [1.82, 2.24) is 0 Å². The highest BCUT2D eigenvalue weighted by molar-refractivity contribution is 5.22. The van der Waals surface area contributed by atoms with Crippen LogP contribution in [0.15, 0.2) is 23.8 Å². The predicted molar refractivity (Wildman–Crippen MR) is 37.1 cm³/mol. The zero-order chi connectivity index (χ0) is 8.48. The lowest BCUT2D eigenvalue weighted by Crippen LogP contribution is -2.15. The van der Waals surface area contributed by atoms with Crippen molar-refractivity contribution in [2.24, 2.45) is 5.92 Å². The summed E-state index contributed by atoms with van der Waals surface area (Å²) < 4.78 is 36.0. The zero-order valence-corrected chi connectivity index (χ0v) is 6.15. The number of rotatable bonds is 0. The highest BCUT2D eigenvalue weighted by Crippen LogP contribution is 2.32. The van der Waals surface area contributed by atoms with Crippen LogP contribution >= 0.6 is 0 Å². The Morgan fingerprint density at radius 1 is 1.45 bits per heavy atom. The predicted octanol–water partition coefficient (Wildman–Crippen LogP) is 3.07. The topological polar surface area (TPSA) is 0 Å². The van der Waals surface area contributed by atoms with Crippen molar-refractivity contribution in [2.75, 3.05) is 0 Å². The summed E-state index contributed by atoms with van der Waals surface area (Å²) >= 11 is 0. The minimum absolute atomic E-state index is 0.0108. The van der Waals surface area contributed by atoms with E-state index in [2.05, 4.69) is 0 Å². The van der Waals surface area contributed by atoms with Crippen LogP contribution in [0.4, 0.5) is 13.2 Å². The van der Waals surface area contributed by atoms with E-state index in [9.17, 15) is 13.2 Å². The summed E-state index contributed by atoms with van der Waals surface area (Å²) in [6.45, 7) is 1.77. The van der Waals surface area contributed by atoms with E-state index in [1.165, 1.54) is 6.08 Å². The SMILES string of the molecule is CC1C=CC=C(C(F)(F)F)C1. The molecule has 62 valence electrons. The smallest absolute Gasteiger partial charge is 0.166 e. The molecule has 1 atom stereocenters. The fourth-order valence-electron chi connectivity index (χ4n) is 1.05. The monoisotopic (exact) mass is 162 g/mol. The molecule has 11 heavy (non-hydrogen) atoms. The maximum Gasteiger partial charge on any atom is 0.412 e. The Labute approximate surface area is 63.4 Å². The Balaban J connectivity index is 2.75. The number of hydrogen-bond acceptors (Lipinski definition) is 0. The largest absolute Gasteiger partial charge is 0.412 e. The molecule has 1 rings (SSSR count). The Hall–Kier alpha value is -0.730. The first kappa shape index (κ1) is 8.37. The van der Waals surface area contributed by atoms with Crippen LogP contribution < -0.4 is 0 Å². The molecule has 3 heteroatoms. The maximum atomic E-state index is 12.0. The van der Waals surface area contributed by atoms with Gasteiger partial charge < -0.3 is 0 Å². The van der Waals surface area contributed by atoms with Crippen molar-refractivity contribution in [3.05, 3.63) is 23.8 Å². The van der Waals surface area contributed by atoms with E-state index >= 15 is 0 Å². The quantitative estimate of drug-likeness (QED) is 0.513. The standard InChI is InChI=1S/C8H9F3/c1-6-3-2-4-7(5-6)8(9,10)11/h2-4,6H,5H2,1H3. The minimum Gasteiger partial charge on any atom is -0.166 e. The molecule has 0 fully saturated rings. The molecule has 0 saturated heterocycles. The number of halogens is 3. The molecule has 0 heterocycles. The summed E-state index contributed by atoms with van der Waals surface area (Å²) in [6.07, 6.45) is 0.352. The van der Waals surface area contributed by atoms with E-state index < -0.39 is 11.7 Å². The van der Waals surface area contributed by atoms with Crippen LogP contribution in [0.5, 0.6) is 0 Å². The normalized spacial score (nSPS) is 25.1. The van der Waals surface area contributed by atoms with E-state index in [4.69, 9.17) is 0 Å². The number of allylic oxidation sites excluding steroid dienone is 4. The van der Waals surface area contributed by atoms with Crippen LogP contribution in [0.3, 0.4) is 0 Å². The molecule has 0 aromatic rings. The third kappa shape index (κ3) is 2.10. The van der Waals surface area contributed by atoms with Gasteiger partial charge in [-0.05, 0) is 12.3 Å². The molecule has 0 spiro atoms. The Morgan fingerprint density at radius 2 is 2.09 bits per heavy atom. The van der Waals surface area contributed by atoms with Gasteiger partial charge in [0.1, 0.15) is 0 Å². The van der Waals surface area contributed by atoms with Gasteiger partial charge in [0, 0.05) is 5.57 Å². The van der Waals surface area contributed by atoms with Crippen molar-refractivity contribution in [3.8, 4) is 0 Å². The van der Waals surface area contributed by atoms with Crippen molar-refractivity contribution < 1.29 is 13.2 Å². The van der Waals surface area contributed by atoms with E-state index in [1.807, 2.05) is 0 Å². The van der Waals surface area contributed by atoms with Gasteiger partial charge in [0.2, 0.25) is 0 Å². The second kappa shape index (κ2) is 2.72. The van der Waals surface area contributed by atoms with Crippen LogP contribution in [0, 0.1) is 5.92 Å². The molecule has 0 aliphatic heterocycles. The van der Waals surface area contributed by atoms with E-state index in [0.717, 1.165) is 6.08 Å². The molecule has 1 aliphatic carbocycles. The van der Waals surface area contributed by atoms with E-state index in [0.29, 0.717) is 0 Å². The lowest BCUT2D eigenvalue weighted by Gasteiger charge is -2.16. The molecule has 0 N–H and O–H groups in total. The molecule has 0 radical (unpaired) electrons. The lowest BCUT2D eigenvalue weighted by molar-refractivity contribution is -0.0949. The first-order valence-electron chi connectivity index (χ1n) is 3.44. The lowest BCUT2D eigenvalue weighted by atomic mass is 9.96. The molecule has 0 amide bonds. The molecule has 0 nitrogen and oxygen atoms in total. The average Bonchev–Trinajstić information content (AvgIpc) is 1.86. The van der Waals surface area contributed by atoms with Crippen LogP contribution in [-0.2, 0) is 0 Å². The van der Waals surface area contributed by atoms with Gasteiger partial charge in [0.25, 0.3) is 0 Å². The summed E-state index contributed by atoms with van der Waals surface area (Å²) in [5, 5.41) is 0. The third-order valence-electron chi connectivity index (χ3n) is 1.64. The molecule has 0 saturated carbocycles. The van der Waals surface area contributed by atoms with Crippen LogP contribution in [0.25, 0.3) is 0 Å². The van der Waals surface area contributed by atoms with Crippen molar-refractivity contribution in [3.63, 3.8) is 0 Å². The van der Waals surface area contributed by atoms with Gasteiger partial charge in [0.15, 0.2) is 0 Å². The van der Waals surface area contributed by atoms with Crippen LogP contribution in [-0.4, -0.2) is 6.18 Å². The highest BCUT2D eigenvalue weighted by Gasteiger charge is 2.34. The average molecular weight is 162 g/mol. The molecule has 0 aromatic heterocycles. The summed E-state index contributed by atoms with van der Waals surface area (Å²) in [5.41, 5.74) is -0.424. The third-order valence-corrected chi connectivity index (χ3v) is 1.64. The van der Waals surface area contributed by atoms with E-state index in [1.54, 1.807) is 13.0 Å². The van der Waals surface area contributed by atoms with Gasteiger partial charge in [0.05, 0.1) is 0 Å². The van der Waals surface area contributed by atoms with Crippen LogP contribution in [0.2, 0.25) is 0 Å². The summed E-state index contributed by atoms with van der Waals surface area (Å²) in [4.78, 5) is 0. The van der Waals surface area contributed by atoms with Crippen LogP contribution in [0.1, 0.15) is 13.3 Å². The summed E-state index contributed by atoms with van der Waals surface area (Å²) in [7, 11) is 0. The van der Waals surface area contributed by atoms with Gasteiger partial charge in [-0.3, -0.25) is 0 Å². The maximum absolute atomic E-state index is 12.0. The number of hydrogen-bond donors (Lipinski definition) is 0. The van der Waals surface area contributed by atoms with Gasteiger partial charge >= 0.3 is 6.18 Å². The Bertz CT molecular complexity index is 198. The molecule has 0 aromatic carbocycles. The second-order valence-electron chi connectivity index (χ2n) is 2.76. The second-order valence-corrected chi connectivity index (χ2v) is 2.76. The Morgan fingerprint density at radius 3 is 2.45 bits per heavy atom. The summed E-state index contributed by atoms with van der Waals surface area (Å²) in [5.74, 6) is 0.0108. The molecule has 1 unspecified atom stereocenters. The summed E-state index contributed by atoms with van der Waals surface area (Å²) in [6, 6.07) is 0.